The molecule has 2 aliphatic heterocycles. The topological polar surface area (TPSA) is 58.6 Å². The maximum absolute atomic E-state index is 13.2. The zero-order chi connectivity index (χ0) is 18.8. The Morgan fingerprint density at radius 3 is 2.81 bits per heavy atom. The van der Waals surface area contributed by atoms with Crippen LogP contribution in [0.5, 0.6) is 0 Å². The number of benzene rings is 2. The first-order valence-corrected chi connectivity index (χ1v) is 9.56. The summed E-state index contributed by atoms with van der Waals surface area (Å²) in [4.78, 5) is 27.3. The van der Waals surface area contributed by atoms with Gasteiger partial charge in [-0.3, -0.25) is 9.59 Å². The Balaban J connectivity index is 1.56. The number of carbonyl (C=O) groups excluding carboxylic acids is 2. The second-order valence-corrected chi connectivity index (χ2v) is 7.21. The number of para-hydroxylation sites is 1. The predicted molar refractivity (Wildman–Crippen MR) is 105 cm³/mol. The molecule has 4 rings (SSSR count). The third kappa shape index (κ3) is 3.60. The van der Waals surface area contributed by atoms with E-state index in [1.807, 2.05) is 24.0 Å². The molecule has 27 heavy (non-hydrogen) atoms. The molecule has 2 aliphatic rings. The summed E-state index contributed by atoms with van der Waals surface area (Å²) in [6.45, 7) is 3.39. The summed E-state index contributed by atoms with van der Waals surface area (Å²) in [5, 5.41) is 2.88. The van der Waals surface area contributed by atoms with Gasteiger partial charge in [0.1, 0.15) is 6.10 Å². The van der Waals surface area contributed by atoms with Crippen LogP contribution in [-0.4, -0.2) is 31.1 Å². The average Bonchev–Trinajstić information content (AvgIpc) is 3.22. The fourth-order valence-corrected chi connectivity index (χ4v) is 3.94. The van der Waals surface area contributed by atoms with Crippen molar-refractivity contribution in [2.75, 3.05) is 23.4 Å². The number of nitrogens with one attached hydrogen (secondary N) is 1. The van der Waals surface area contributed by atoms with Crippen LogP contribution in [0.1, 0.15) is 40.7 Å². The Morgan fingerprint density at radius 1 is 1.15 bits per heavy atom. The van der Waals surface area contributed by atoms with Crippen LogP contribution in [-0.2, 0) is 16.0 Å². The van der Waals surface area contributed by atoms with Crippen molar-refractivity contribution in [3.05, 3.63) is 59.2 Å². The summed E-state index contributed by atoms with van der Waals surface area (Å²) in [6.07, 6.45) is 3.22. The van der Waals surface area contributed by atoms with E-state index < -0.39 is 0 Å². The monoisotopic (exact) mass is 364 g/mol. The van der Waals surface area contributed by atoms with E-state index in [4.69, 9.17) is 4.74 Å². The second kappa shape index (κ2) is 7.53. The highest BCUT2D eigenvalue weighted by molar-refractivity contribution is 6.08. The minimum absolute atomic E-state index is 0.0292. The number of carbonyl (C=O) groups is 2. The lowest BCUT2D eigenvalue weighted by Gasteiger charge is -2.31. The molecule has 2 aromatic rings. The fraction of sp³-hybridized carbons (Fsp3) is 0.364. The Kier molecular flexibility index (Phi) is 4.94. The first kappa shape index (κ1) is 17.7. The van der Waals surface area contributed by atoms with E-state index in [1.165, 1.54) is 5.56 Å². The van der Waals surface area contributed by atoms with Crippen molar-refractivity contribution < 1.29 is 14.3 Å². The summed E-state index contributed by atoms with van der Waals surface area (Å²) in [5.41, 5.74) is 4.57. The van der Waals surface area contributed by atoms with Gasteiger partial charge in [-0.05, 0) is 61.9 Å². The highest BCUT2D eigenvalue weighted by Gasteiger charge is 2.26. The normalized spacial score (nSPS) is 18.9. The van der Waals surface area contributed by atoms with Gasteiger partial charge < -0.3 is 15.0 Å². The number of hydrogen-bond donors (Lipinski definition) is 1. The van der Waals surface area contributed by atoms with Crippen molar-refractivity contribution in [3.8, 4) is 0 Å². The van der Waals surface area contributed by atoms with E-state index in [2.05, 4.69) is 11.4 Å². The second-order valence-electron chi connectivity index (χ2n) is 7.21. The Bertz CT molecular complexity index is 872. The smallest absolute Gasteiger partial charge is 0.258 e. The highest BCUT2D eigenvalue weighted by atomic mass is 16.5. The number of hydrogen-bond acceptors (Lipinski definition) is 3. The number of aryl methyl sites for hydroxylation is 2. The van der Waals surface area contributed by atoms with Crippen molar-refractivity contribution >= 4 is 23.2 Å². The number of rotatable bonds is 3. The van der Waals surface area contributed by atoms with E-state index in [1.54, 1.807) is 24.3 Å². The Hall–Kier alpha value is -2.66. The summed E-state index contributed by atoms with van der Waals surface area (Å²) in [6, 6.07) is 13.4. The lowest BCUT2D eigenvalue weighted by Crippen LogP contribution is -2.36. The van der Waals surface area contributed by atoms with Gasteiger partial charge in [-0.15, -0.1) is 0 Å². The van der Waals surface area contributed by atoms with Crippen LogP contribution in [0.4, 0.5) is 11.4 Å². The number of ether oxygens (including phenoxy) is 1. The van der Waals surface area contributed by atoms with E-state index >= 15 is 0 Å². The van der Waals surface area contributed by atoms with Crippen LogP contribution in [0.3, 0.4) is 0 Å². The van der Waals surface area contributed by atoms with Crippen LogP contribution < -0.4 is 10.2 Å². The van der Waals surface area contributed by atoms with Gasteiger partial charge in [-0.2, -0.15) is 0 Å². The molecule has 1 N–H and O–H groups in total. The summed E-state index contributed by atoms with van der Waals surface area (Å²) in [7, 11) is 0. The van der Waals surface area contributed by atoms with Gasteiger partial charge in [0.05, 0.1) is 5.69 Å². The molecule has 0 radical (unpaired) electrons. The molecule has 5 heteroatoms. The molecule has 140 valence electrons. The Labute approximate surface area is 159 Å². The first-order valence-electron chi connectivity index (χ1n) is 9.56. The average molecular weight is 364 g/mol. The molecule has 0 aromatic heterocycles. The molecule has 0 aliphatic carbocycles. The SMILES string of the molecule is Cc1cccc2c1N(C(=O)c1cccc(NC(=O)C3CCCO3)c1)CCC2. The highest BCUT2D eigenvalue weighted by Crippen LogP contribution is 2.32. The van der Waals surface area contributed by atoms with Crippen LogP contribution in [0.2, 0.25) is 0 Å². The molecular formula is C22H24N2O3. The zero-order valence-corrected chi connectivity index (χ0v) is 15.5. The lowest BCUT2D eigenvalue weighted by molar-refractivity contribution is -0.124. The Morgan fingerprint density at radius 2 is 2.00 bits per heavy atom. The van der Waals surface area contributed by atoms with Gasteiger partial charge >= 0.3 is 0 Å². The number of amides is 2. The molecular weight excluding hydrogens is 340 g/mol. The fourth-order valence-electron chi connectivity index (χ4n) is 3.94. The molecule has 2 amide bonds. The van der Waals surface area contributed by atoms with Gasteiger partial charge in [0, 0.05) is 24.4 Å². The van der Waals surface area contributed by atoms with Gasteiger partial charge in [0.2, 0.25) is 0 Å². The first-order chi connectivity index (χ1) is 13.1. The minimum atomic E-state index is -0.388. The molecule has 1 saturated heterocycles. The van der Waals surface area contributed by atoms with Crippen LogP contribution in [0.25, 0.3) is 0 Å². The standard InChI is InChI=1S/C22H24N2O3/c1-15-6-2-7-16-9-4-12-24(20(15)16)22(26)17-8-3-10-18(14-17)23-21(25)19-11-5-13-27-19/h2-3,6-8,10,14,19H,4-5,9,11-13H2,1H3,(H,23,25). The predicted octanol–water partition coefficient (Wildman–Crippen LogP) is 3.71. The summed E-state index contributed by atoms with van der Waals surface area (Å²) < 4.78 is 5.42. The molecule has 1 fully saturated rings. The van der Waals surface area contributed by atoms with Crippen molar-refractivity contribution in [3.63, 3.8) is 0 Å². The van der Waals surface area contributed by atoms with E-state index in [0.29, 0.717) is 24.4 Å². The third-order valence-corrected chi connectivity index (χ3v) is 5.26. The maximum atomic E-state index is 13.2. The largest absolute Gasteiger partial charge is 0.368 e. The molecule has 0 bridgehead atoms. The number of nitrogens with zero attached hydrogens (tertiary/aromatic N) is 1. The van der Waals surface area contributed by atoms with Gasteiger partial charge in [0.15, 0.2) is 0 Å². The van der Waals surface area contributed by atoms with E-state index in [-0.39, 0.29) is 17.9 Å². The van der Waals surface area contributed by atoms with Gasteiger partial charge in [-0.25, -0.2) is 0 Å². The number of anilines is 2. The minimum Gasteiger partial charge on any atom is -0.368 e. The van der Waals surface area contributed by atoms with Crippen LogP contribution in [0, 0.1) is 6.92 Å². The molecule has 1 unspecified atom stereocenters. The maximum Gasteiger partial charge on any atom is 0.258 e. The molecule has 0 spiro atoms. The zero-order valence-electron chi connectivity index (χ0n) is 15.5. The van der Waals surface area contributed by atoms with E-state index in [0.717, 1.165) is 36.9 Å². The molecule has 5 nitrogen and oxygen atoms in total. The molecule has 2 heterocycles. The van der Waals surface area contributed by atoms with Crippen molar-refractivity contribution in [1.82, 2.24) is 0 Å². The van der Waals surface area contributed by atoms with Crippen LogP contribution >= 0.6 is 0 Å². The van der Waals surface area contributed by atoms with Crippen molar-refractivity contribution in [2.45, 2.75) is 38.7 Å². The van der Waals surface area contributed by atoms with Crippen LogP contribution in [0.15, 0.2) is 42.5 Å². The molecule has 2 aromatic carbocycles. The quantitative estimate of drug-likeness (QED) is 0.903. The van der Waals surface area contributed by atoms with Crippen molar-refractivity contribution in [2.24, 2.45) is 0 Å². The number of fused-ring (bicyclic) bond motifs is 1. The van der Waals surface area contributed by atoms with Gasteiger partial charge in [-0.1, -0.05) is 24.3 Å². The van der Waals surface area contributed by atoms with Gasteiger partial charge in [0.25, 0.3) is 11.8 Å². The summed E-state index contributed by atoms with van der Waals surface area (Å²) in [5.74, 6) is -0.172. The molecule has 1 atom stereocenters. The van der Waals surface area contributed by atoms with Crippen molar-refractivity contribution in [1.29, 1.82) is 0 Å². The lowest BCUT2D eigenvalue weighted by atomic mass is 9.97. The third-order valence-electron chi connectivity index (χ3n) is 5.26. The molecule has 0 saturated carbocycles. The summed E-state index contributed by atoms with van der Waals surface area (Å²) >= 11 is 0. The van der Waals surface area contributed by atoms with E-state index in [9.17, 15) is 9.59 Å².